The van der Waals surface area contributed by atoms with Crippen molar-refractivity contribution < 1.29 is 9.53 Å². The van der Waals surface area contributed by atoms with Crippen LogP contribution in [0.2, 0.25) is 0 Å². The van der Waals surface area contributed by atoms with Gasteiger partial charge in [-0.2, -0.15) is 0 Å². The highest BCUT2D eigenvalue weighted by Gasteiger charge is 2.30. The molecule has 0 atom stereocenters. The molecule has 1 N–H and O–H groups in total. The van der Waals surface area contributed by atoms with Crippen LogP contribution in [-0.4, -0.2) is 30.1 Å². The number of ether oxygens (including phenoxy) is 1. The molecule has 16 heavy (non-hydrogen) atoms. The van der Waals surface area contributed by atoms with Crippen molar-refractivity contribution in [2.24, 2.45) is 0 Å². The summed E-state index contributed by atoms with van der Waals surface area (Å²) in [5, 5.41) is 2.97. The zero-order chi connectivity index (χ0) is 11.7. The van der Waals surface area contributed by atoms with E-state index < -0.39 is 5.97 Å². The third kappa shape index (κ3) is 2.11. The molecule has 1 heterocycles. The summed E-state index contributed by atoms with van der Waals surface area (Å²) < 4.78 is 5.63. The lowest BCUT2D eigenvalue weighted by molar-refractivity contribution is 0.0586. The quantitative estimate of drug-likeness (QED) is 0.675. The maximum atomic E-state index is 11.4. The fourth-order valence-electron chi connectivity index (χ4n) is 1.44. The molecule has 0 spiro atoms. The lowest BCUT2D eigenvalue weighted by Crippen LogP contribution is -2.13. The number of anilines is 1. The van der Waals surface area contributed by atoms with Gasteiger partial charge in [0, 0.05) is 13.0 Å². The summed E-state index contributed by atoms with van der Waals surface area (Å²) in [6, 6.07) is 0. The molecule has 1 aliphatic rings. The molecule has 5 nitrogen and oxygen atoms in total. The standard InChI is InChI=1S/C10H12IN3O2/c1-12-8-6(11)7(5-3-4-5)13-9(14-8)10(15)16-2/h5H,3-4H2,1-2H3,(H,12,13,14). The van der Waals surface area contributed by atoms with Crippen molar-refractivity contribution in [3.8, 4) is 0 Å². The SMILES string of the molecule is CNc1nc(C(=O)OC)nc(C2CC2)c1I. The molecule has 86 valence electrons. The van der Waals surface area contributed by atoms with E-state index in [0.29, 0.717) is 11.7 Å². The number of hydrogen-bond acceptors (Lipinski definition) is 5. The monoisotopic (exact) mass is 333 g/mol. The topological polar surface area (TPSA) is 64.1 Å². The van der Waals surface area contributed by atoms with Crippen molar-refractivity contribution in [2.45, 2.75) is 18.8 Å². The Morgan fingerprint density at radius 2 is 2.19 bits per heavy atom. The minimum Gasteiger partial charge on any atom is -0.463 e. The summed E-state index contributed by atoms with van der Waals surface area (Å²) in [5.74, 6) is 0.812. The fraction of sp³-hybridized carbons (Fsp3) is 0.500. The summed E-state index contributed by atoms with van der Waals surface area (Å²) >= 11 is 2.21. The van der Waals surface area contributed by atoms with E-state index >= 15 is 0 Å². The Morgan fingerprint density at radius 1 is 1.50 bits per heavy atom. The molecule has 0 bridgehead atoms. The summed E-state index contributed by atoms with van der Waals surface area (Å²) in [6.45, 7) is 0. The van der Waals surface area contributed by atoms with Crippen molar-refractivity contribution in [2.75, 3.05) is 19.5 Å². The third-order valence-electron chi connectivity index (χ3n) is 2.45. The number of esters is 1. The first-order valence-corrected chi connectivity index (χ1v) is 6.08. The lowest BCUT2D eigenvalue weighted by Gasteiger charge is -2.09. The number of rotatable bonds is 3. The van der Waals surface area contributed by atoms with Crippen LogP contribution in [0.5, 0.6) is 0 Å². The number of nitrogens with zero attached hydrogens (tertiary/aromatic N) is 2. The van der Waals surface area contributed by atoms with Crippen LogP contribution < -0.4 is 5.32 Å². The first-order chi connectivity index (χ1) is 7.67. The van der Waals surface area contributed by atoms with Crippen molar-refractivity contribution in [3.05, 3.63) is 15.1 Å². The Bertz CT molecular complexity index is 432. The molecule has 1 aromatic heterocycles. The van der Waals surface area contributed by atoms with Crippen LogP contribution >= 0.6 is 22.6 Å². The van der Waals surface area contributed by atoms with E-state index in [4.69, 9.17) is 0 Å². The molecule has 0 unspecified atom stereocenters. The number of carbonyl (C=O) groups is 1. The van der Waals surface area contributed by atoms with E-state index in [1.165, 1.54) is 7.11 Å². The van der Waals surface area contributed by atoms with Gasteiger partial charge in [-0.1, -0.05) is 0 Å². The molecule has 1 aliphatic carbocycles. The molecule has 1 aromatic rings. The smallest absolute Gasteiger partial charge is 0.376 e. The van der Waals surface area contributed by atoms with Crippen molar-refractivity contribution in [1.29, 1.82) is 0 Å². The number of methoxy groups -OCH3 is 1. The van der Waals surface area contributed by atoms with Crippen molar-refractivity contribution in [1.82, 2.24) is 9.97 Å². The molecule has 0 aromatic carbocycles. The van der Waals surface area contributed by atoms with Crippen LogP contribution in [-0.2, 0) is 4.74 Å². The highest BCUT2D eigenvalue weighted by molar-refractivity contribution is 14.1. The van der Waals surface area contributed by atoms with E-state index in [9.17, 15) is 4.79 Å². The summed E-state index contributed by atoms with van der Waals surface area (Å²) in [6.07, 6.45) is 2.27. The molecule has 1 fully saturated rings. The van der Waals surface area contributed by atoms with Gasteiger partial charge in [0.1, 0.15) is 5.82 Å². The van der Waals surface area contributed by atoms with E-state index in [1.807, 2.05) is 0 Å². The molecule has 0 saturated heterocycles. The van der Waals surface area contributed by atoms with Crippen LogP contribution in [0.1, 0.15) is 35.1 Å². The van der Waals surface area contributed by atoms with Gasteiger partial charge in [-0.3, -0.25) is 0 Å². The highest BCUT2D eigenvalue weighted by Crippen LogP contribution is 2.42. The second-order valence-electron chi connectivity index (χ2n) is 3.61. The van der Waals surface area contributed by atoms with E-state index in [-0.39, 0.29) is 5.82 Å². The fourth-order valence-corrected chi connectivity index (χ4v) is 2.39. The van der Waals surface area contributed by atoms with E-state index in [0.717, 1.165) is 22.1 Å². The number of hydrogen-bond donors (Lipinski definition) is 1. The van der Waals surface area contributed by atoms with Gasteiger partial charge in [-0.25, -0.2) is 14.8 Å². The Balaban J connectivity index is 2.47. The van der Waals surface area contributed by atoms with Crippen molar-refractivity contribution in [3.63, 3.8) is 0 Å². The maximum Gasteiger partial charge on any atom is 0.376 e. The first-order valence-electron chi connectivity index (χ1n) is 5.01. The molecule has 2 rings (SSSR count). The van der Waals surface area contributed by atoms with Crippen LogP contribution in [0.4, 0.5) is 5.82 Å². The third-order valence-corrected chi connectivity index (χ3v) is 3.51. The zero-order valence-corrected chi connectivity index (χ0v) is 11.2. The van der Waals surface area contributed by atoms with Gasteiger partial charge in [0.05, 0.1) is 16.4 Å². The summed E-state index contributed by atoms with van der Waals surface area (Å²) in [7, 11) is 3.11. The second kappa shape index (κ2) is 4.52. The van der Waals surface area contributed by atoms with Gasteiger partial charge >= 0.3 is 5.97 Å². The maximum absolute atomic E-state index is 11.4. The van der Waals surface area contributed by atoms with Gasteiger partial charge in [-0.05, 0) is 35.4 Å². The molecule has 0 radical (unpaired) electrons. The molecule has 0 amide bonds. The minimum atomic E-state index is -0.491. The minimum absolute atomic E-state index is 0.133. The number of carbonyl (C=O) groups excluding carboxylic acids is 1. The predicted molar refractivity (Wildman–Crippen MR) is 67.6 cm³/mol. The molecular formula is C10H12IN3O2. The van der Waals surface area contributed by atoms with Crippen LogP contribution in [0, 0.1) is 3.57 Å². The summed E-state index contributed by atoms with van der Waals surface area (Å²) in [5.41, 5.74) is 0.959. The Labute approximate surface area is 107 Å². The molecule has 0 aliphatic heterocycles. The van der Waals surface area contributed by atoms with Crippen molar-refractivity contribution >= 4 is 34.4 Å². The zero-order valence-electron chi connectivity index (χ0n) is 9.08. The van der Waals surface area contributed by atoms with Gasteiger partial charge in [0.25, 0.3) is 0 Å². The number of aromatic nitrogens is 2. The van der Waals surface area contributed by atoms with Gasteiger partial charge in [-0.15, -0.1) is 0 Å². The average Bonchev–Trinajstić information content (AvgIpc) is 3.12. The van der Waals surface area contributed by atoms with Crippen LogP contribution in [0.25, 0.3) is 0 Å². The van der Waals surface area contributed by atoms with E-state index in [1.54, 1.807) is 7.05 Å². The molecular weight excluding hydrogens is 321 g/mol. The van der Waals surface area contributed by atoms with Crippen LogP contribution in [0.3, 0.4) is 0 Å². The molecule has 1 saturated carbocycles. The summed E-state index contributed by atoms with van der Waals surface area (Å²) in [4.78, 5) is 19.8. The average molecular weight is 333 g/mol. The second-order valence-corrected chi connectivity index (χ2v) is 4.69. The highest BCUT2D eigenvalue weighted by atomic mass is 127. The Kier molecular flexibility index (Phi) is 3.27. The lowest BCUT2D eigenvalue weighted by atomic mass is 10.2. The van der Waals surface area contributed by atoms with Gasteiger partial charge < -0.3 is 10.1 Å². The molecule has 6 heteroatoms. The first kappa shape index (κ1) is 11.6. The number of nitrogens with one attached hydrogen (secondary N) is 1. The van der Waals surface area contributed by atoms with Gasteiger partial charge in [0.15, 0.2) is 0 Å². The van der Waals surface area contributed by atoms with Gasteiger partial charge in [0.2, 0.25) is 5.82 Å². The van der Waals surface area contributed by atoms with E-state index in [2.05, 4.69) is 42.6 Å². The largest absolute Gasteiger partial charge is 0.463 e. The van der Waals surface area contributed by atoms with Crippen LogP contribution in [0.15, 0.2) is 0 Å². The number of halogens is 1. The normalized spacial score (nSPS) is 14.7. The Hall–Kier alpha value is -0.920. The Morgan fingerprint density at radius 3 is 2.69 bits per heavy atom. The predicted octanol–water partition coefficient (Wildman–Crippen LogP) is 1.79.